The minimum atomic E-state index is -3.60. The van der Waals surface area contributed by atoms with Gasteiger partial charge in [-0.15, -0.1) is 4.86 Å². The highest BCUT2D eigenvalue weighted by Crippen LogP contribution is 2.58. The molecule has 0 aliphatic heterocycles. The van der Waals surface area contributed by atoms with E-state index in [1.165, 1.54) is 0 Å². The molecule has 15 heteroatoms. The summed E-state index contributed by atoms with van der Waals surface area (Å²) < 4.78 is 51.2. The maximum atomic E-state index is 6.45. The number of hydrogen-bond donors (Lipinski definition) is 3. The Labute approximate surface area is 253 Å². The normalized spacial score (nSPS) is 11.1. The van der Waals surface area contributed by atoms with Gasteiger partial charge in [0.05, 0.1) is 28.4 Å². The van der Waals surface area contributed by atoms with E-state index < -0.39 is 24.6 Å². The summed E-state index contributed by atoms with van der Waals surface area (Å²) in [5.41, 5.74) is 12.2. The van der Waals surface area contributed by atoms with Crippen molar-refractivity contribution in [2.24, 2.45) is 15.5 Å². The van der Waals surface area contributed by atoms with Crippen LogP contribution >= 0.6 is 24.6 Å². The molecule has 0 aliphatic carbocycles. The Morgan fingerprint density at radius 2 is 0.767 bits per heavy atom. The zero-order valence-corrected chi connectivity index (χ0v) is 26.6. The summed E-state index contributed by atoms with van der Waals surface area (Å²) in [6, 6.07) is 27.9. The molecule has 0 aliphatic rings. The van der Waals surface area contributed by atoms with E-state index in [1.54, 1.807) is 126 Å². The van der Waals surface area contributed by atoms with E-state index in [4.69, 9.17) is 48.1 Å². The van der Waals surface area contributed by atoms with Crippen LogP contribution < -0.4 is 52.9 Å². The molecule has 0 heterocycles. The van der Waals surface area contributed by atoms with Crippen LogP contribution in [-0.2, 0) is 0 Å². The van der Waals surface area contributed by atoms with Gasteiger partial charge in [-0.05, 0) is 97.1 Å². The molecule has 4 rings (SSSR count). The number of benzene rings is 4. The average Bonchev–Trinajstić information content (AvgIpc) is 3.02. The van der Waals surface area contributed by atoms with Gasteiger partial charge in [-0.2, -0.15) is 4.52 Å². The number of hydrogen-bond acceptors (Lipinski definition) is 11. The Balaban J connectivity index is 1.76. The highest BCUT2D eigenvalue weighted by molar-refractivity contribution is 7.71. The van der Waals surface area contributed by atoms with Gasteiger partial charge in [-0.1, -0.05) is 0 Å². The lowest BCUT2D eigenvalue weighted by Crippen LogP contribution is -2.20. The standard InChI is InChI=1S/C28H33N4O8P3/c1-33-21-5-13-25(14-6-21)37-42(38-26-15-7-22(34-2)8-16-26)32-43(31-41(29)30,39-27-17-9-23(35-3)10-18-27)40-28-19-11-24(36-4)12-20-28/h5-20,32H,29-30H2,1-4H3. The predicted molar refractivity (Wildman–Crippen MR) is 169 cm³/mol. The van der Waals surface area contributed by atoms with Crippen molar-refractivity contribution in [1.29, 1.82) is 0 Å². The number of nitrogens with two attached hydrogens (primary N) is 2. The molecule has 12 nitrogen and oxygen atoms in total. The fourth-order valence-electron chi connectivity index (χ4n) is 3.44. The first-order valence-electron chi connectivity index (χ1n) is 12.6. The van der Waals surface area contributed by atoms with Crippen molar-refractivity contribution in [3.63, 3.8) is 0 Å². The molecular weight excluding hydrogens is 613 g/mol. The minimum absolute atomic E-state index is 0.416. The number of nitrogens with one attached hydrogen (secondary N) is 1. The molecule has 0 unspecified atom stereocenters. The molecule has 0 radical (unpaired) electrons. The van der Waals surface area contributed by atoms with E-state index in [1.807, 2.05) is 0 Å². The molecule has 0 spiro atoms. The van der Waals surface area contributed by atoms with Gasteiger partial charge in [0.25, 0.3) is 0 Å². The Hall–Kier alpha value is -3.75. The van der Waals surface area contributed by atoms with Crippen molar-refractivity contribution in [3.8, 4) is 46.0 Å². The predicted octanol–water partition coefficient (Wildman–Crippen LogP) is 7.24. The van der Waals surface area contributed by atoms with E-state index in [2.05, 4.69) is 9.37 Å². The first-order valence-corrected chi connectivity index (χ1v) is 16.8. The van der Waals surface area contributed by atoms with Crippen LogP contribution in [0.1, 0.15) is 0 Å². The second-order valence-electron chi connectivity index (χ2n) is 8.41. The van der Waals surface area contributed by atoms with E-state index in [0.29, 0.717) is 46.0 Å². The van der Waals surface area contributed by atoms with Crippen LogP contribution in [0.25, 0.3) is 0 Å². The van der Waals surface area contributed by atoms with E-state index in [0.717, 1.165) is 0 Å². The number of rotatable bonds is 15. The van der Waals surface area contributed by atoms with Crippen LogP contribution in [0.5, 0.6) is 46.0 Å². The lowest BCUT2D eigenvalue weighted by molar-refractivity contribution is 0.411. The Kier molecular flexibility index (Phi) is 11.7. The maximum absolute atomic E-state index is 6.45. The molecule has 0 aromatic heterocycles. The third kappa shape index (κ3) is 9.63. The number of ether oxygens (including phenoxy) is 4. The van der Waals surface area contributed by atoms with Crippen molar-refractivity contribution in [2.45, 2.75) is 0 Å². The lowest BCUT2D eigenvalue weighted by atomic mass is 10.3. The summed E-state index contributed by atoms with van der Waals surface area (Å²) in [6.45, 7) is 0. The van der Waals surface area contributed by atoms with Gasteiger partial charge >= 0.3 is 16.2 Å². The van der Waals surface area contributed by atoms with E-state index in [9.17, 15) is 0 Å². The molecular formula is C28H33N4O8P3. The molecule has 0 saturated carbocycles. The average molecular weight is 647 g/mol. The van der Waals surface area contributed by atoms with Crippen LogP contribution in [0.2, 0.25) is 0 Å². The van der Waals surface area contributed by atoms with Gasteiger partial charge < -0.3 is 37.0 Å². The number of methoxy groups -OCH3 is 4. The molecule has 0 amide bonds. The quantitative estimate of drug-likeness (QED) is 0.112. The molecule has 0 bridgehead atoms. The first-order chi connectivity index (χ1) is 20.8. The largest absolute Gasteiger partial charge is 0.497 e. The van der Waals surface area contributed by atoms with Gasteiger partial charge in [0.2, 0.25) is 0 Å². The van der Waals surface area contributed by atoms with Gasteiger partial charge in [0, 0.05) is 0 Å². The van der Waals surface area contributed by atoms with Crippen molar-refractivity contribution in [2.75, 3.05) is 28.4 Å². The van der Waals surface area contributed by atoms with Gasteiger partial charge in [0.15, 0.2) is 8.37 Å². The van der Waals surface area contributed by atoms with Crippen LogP contribution in [0.3, 0.4) is 0 Å². The topological polar surface area (TPSA) is 150 Å². The molecule has 0 saturated heterocycles. The molecule has 0 fully saturated rings. The Morgan fingerprint density at radius 3 is 1.05 bits per heavy atom. The summed E-state index contributed by atoms with van der Waals surface area (Å²) in [4.78, 5) is 3.26. The maximum Gasteiger partial charge on any atom is 0.409 e. The van der Waals surface area contributed by atoms with Crippen LogP contribution in [-0.4, -0.2) is 28.4 Å². The highest BCUT2D eigenvalue weighted by Gasteiger charge is 2.35. The first kappa shape index (κ1) is 32.2. The Bertz CT molecular complexity index is 1370. The zero-order chi connectivity index (χ0) is 30.7. The summed E-state index contributed by atoms with van der Waals surface area (Å²) in [5.74, 6) is 4.43. The van der Waals surface area contributed by atoms with Gasteiger partial charge in [-0.3, -0.25) is 11.0 Å². The van der Waals surface area contributed by atoms with Crippen molar-refractivity contribution >= 4 is 24.6 Å². The SMILES string of the molecule is COc1ccc(OP(NP(=NP(N)N)(Oc2ccc(OC)cc2)Oc2ccc(OC)cc2)Oc2ccc(OC)cc2)cc1. The molecule has 228 valence electrons. The molecule has 43 heavy (non-hydrogen) atoms. The highest BCUT2D eigenvalue weighted by atomic mass is 31.3. The lowest BCUT2D eigenvalue weighted by Gasteiger charge is -2.29. The number of nitrogens with zero attached hydrogens (tertiary/aromatic N) is 1. The molecule has 5 N–H and O–H groups in total. The van der Waals surface area contributed by atoms with Gasteiger partial charge in [0.1, 0.15) is 46.0 Å². The minimum Gasteiger partial charge on any atom is -0.497 e. The summed E-state index contributed by atoms with van der Waals surface area (Å²) >= 11 is 0. The molecule has 0 atom stereocenters. The second kappa shape index (κ2) is 15.6. The zero-order valence-electron chi connectivity index (χ0n) is 23.9. The second-order valence-corrected chi connectivity index (χ2v) is 13.0. The van der Waals surface area contributed by atoms with Crippen molar-refractivity contribution in [3.05, 3.63) is 97.1 Å². The molecule has 4 aromatic carbocycles. The summed E-state index contributed by atoms with van der Waals surface area (Å²) in [5, 5.41) is 0. The van der Waals surface area contributed by atoms with E-state index >= 15 is 0 Å². The fourth-order valence-corrected chi connectivity index (χ4v) is 8.33. The van der Waals surface area contributed by atoms with Crippen LogP contribution in [0.15, 0.2) is 102 Å². The third-order valence-corrected chi connectivity index (χ3v) is 10.6. The van der Waals surface area contributed by atoms with Crippen molar-refractivity contribution < 1.29 is 37.0 Å². The van der Waals surface area contributed by atoms with E-state index in [-0.39, 0.29) is 0 Å². The van der Waals surface area contributed by atoms with Crippen molar-refractivity contribution in [1.82, 2.24) is 4.86 Å². The fraction of sp³-hybridized carbons (Fsp3) is 0.143. The third-order valence-electron chi connectivity index (χ3n) is 5.50. The summed E-state index contributed by atoms with van der Waals surface area (Å²) in [6.07, 6.45) is 0. The van der Waals surface area contributed by atoms with Crippen LogP contribution in [0, 0.1) is 0 Å². The monoisotopic (exact) mass is 646 g/mol. The molecule has 4 aromatic rings. The summed E-state index contributed by atoms with van der Waals surface area (Å²) in [7, 11) is -1.21. The Morgan fingerprint density at radius 1 is 0.488 bits per heavy atom. The van der Waals surface area contributed by atoms with Crippen LogP contribution in [0.4, 0.5) is 0 Å². The van der Waals surface area contributed by atoms with Gasteiger partial charge in [-0.25, -0.2) is 0 Å². The smallest absolute Gasteiger partial charge is 0.409 e.